The fraction of sp³-hybridized carbons (Fsp3) is 0.818. The highest BCUT2D eigenvalue weighted by Gasteiger charge is 2.26. The van der Waals surface area contributed by atoms with Crippen molar-refractivity contribution in [2.24, 2.45) is 0 Å². The van der Waals surface area contributed by atoms with Crippen LogP contribution >= 0.6 is 0 Å². The third-order valence-corrected chi connectivity index (χ3v) is 2.11. The molecule has 1 amide bonds. The number of alkyl carbamates (subject to hydrolysis) is 1. The molecule has 0 saturated carbocycles. The number of esters is 1. The number of hydrogen-bond acceptors (Lipinski definition) is 4. The molecule has 0 unspecified atom stereocenters. The first-order valence-corrected chi connectivity index (χ1v) is 5.54. The molecule has 1 fully saturated rings. The van der Waals surface area contributed by atoms with Crippen LogP contribution in [0, 0.1) is 0 Å². The van der Waals surface area contributed by atoms with Gasteiger partial charge in [0.05, 0.1) is 6.61 Å². The largest absolute Gasteiger partial charge is 0.464 e. The number of carbonyl (C=O) groups is 2. The summed E-state index contributed by atoms with van der Waals surface area (Å²) in [6, 6.07) is -0.572. The van der Waals surface area contributed by atoms with Gasteiger partial charge in [0.15, 0.2) is 0 Å². The molecule has 1 N–H and O–H groups in total. The molecule has 1 aliphatic rings. The summed E-state index contributed by atoms with van der Waals surface area (Å²) in [6.45, 7) is 5.76. The highest BCUT2D eigenvalue weighted by molar-refractivity contribution is 5.81. The zero-order valence-electron chi connectivity index (χ0n) is 10.0. The van der Waals surface area contributed by atoms with Crippen LogP contribution in [-0.2, 0) is 14.3 Å². The van der Waals surface area contributed by atoms with Crippen molar-refractivity contribution >= 4 is 12.1 Å². The van der Waals surface area contributed by atoms with Crippen molar-refractivity contribution in [3.63, 3.8) is 0 Å². The van der Waals surface area contributed by atoms with Crippen LogP contribution in [0.2, 0.25) is 0 Å². The molecule has 92 valence electrons. The van der Waals surface area contributed by atoms with Crippen LogP contribution in [0.1, 0.15) is 40.0 Å². The molecule has 5 nitrogen and oxygen atoms in total. The first-order valence-electron chi connectivity index (χ1n) is 5.54. The summed E-state index contributed by atoms with van der Waals surface area (Å²) >= 11 is 0. The summed E-state index contributed by atoms with van der Waals surface area (Å²) in [5.74, 6) is -0.372. The van der Waals surface area contributed by atoms with Gasteiger partial charge in [-0.05, 0) is 40.0 Å². The lowest BCUT2D eigenvalue weighted by molar-refractivity contribution is -0.145. The molecule has 1 aliphatic heterocycles. The van der Waals surface area contributed by atoms with Crippen LogP contribution in [0.3, 0.4) is 0 Å². The lowest BCUT2D eigenvalue weighted by Gasteiger charge is -2.21. The van der Waals surface area contributed by atoms with Crippen molar-refractivity contribution in [1.29, 1.82) is 0 Å². The van der Waals surface area contributed by atoms with Crippen LogP contribution < -0.4 is 5.32 Å². The Labute approximate surface area is 95.5 Å². The van der Waals surface area contributed by atoms with Gasteiger partial charge in [-0.3, -0.25) is 0 Å². The fourth-order valence-corrected chi connectivity index (χ4v) is 1.42. The highest BCUT2D eigenvalue weighted by atomic mass is 16.6. The van der Waals surface area contributed by atoms with Gasteiger partial charge in [-0.15, -0.1) is 0 Å². The van der Waals surface area contributed by atoms with E-state index in [0.717, 1.165) is 12.8 Å². The Kier molecular flexibility index (Phi) is 4.15. The second-order valence-corrected chi connectivity index (χ2v) is 4.86. The molecule has 1 heterocycles. The number of carbonyl (C=O) groups excluding carboxylic acids is 2. The van der Waals surface area contributed by atoms with Gasteiger partial charge >= 0.3 is 12.1 Å². The van der Waals surface area contributed by atoms with E-state index in [1.165, 1.54) is 0 Å². The number of ether oxygens (including phenoxy) is 2. The molecule has 16 heavy (non-hydrogen) atoms. The number of rotatable bonds is 1. The number of nitrogens with one attached hydrogen (secondary N) is 1. The van der Waals surface area contributed by atoms with Gasteiger partial charge in [-0.1, -0.05) is 0 Å². The number of amides is 1. The molecule has 0 radical (unpaired) electrons. The van der Waals surface area contributed by atoms with E-state index in [2.05, 4.69) is 5.32 Å². The van der Waals surface area contributed by atoms with Gasteiger partial charge in [-0.2, -0.15) is 0 Å². The number of hydrogen-bond donors (Lipinski definition) is 1. The van der Waals surface area contributed by atoms with E-state index in [4.69, 9.17) is 9.47 Å². The van der Waals surface area contributed by atoms with E-state index < -0.39 is 17.7 Å². The Morgan fingerprint density at radius 3 is 2.75 bits per heavy atom. The third-order valence-electron chi connectivity index (χ3n) is 2.11. The summed E-state index contributed by atoms with van der Waals surface area (Å²) in [6.07, 6.45) is 1.75. The molecule has 0 aromatic rings. The van der Waals surface area contributed by atoms with Crippen molar-refractivity contribution in [2.45, 2.75) is 51.7 Å². The normalized spacial score (nSPS) is 21.9. The first kappa shape index (κ1) is 12.8. The van der Waals surface area contributed by atoms with Gasteiger partial charge in [0.25, 0.3) is 0 Å². The Hall–Kier alpha value is -1.26. The Morgan fingerprint density at radius 2 is 2.12 bits per heavy atom. The summed E-state index contributed by atoms with van der Waals surface area (Å²) in [7, 11) is 0. The SMILES string of the molecule is CC(C)(C)OC(=O)N[C@H]1CCCCOC1=O. The van der Waals surface area contributed by atoms with Crippen molar-refractivity contribution in [2.75, 3.05) is 6.61 Å². The molecule has 1 rings (SSSR count). The molecule has 0 spiro atoms. The zero-order chi connectivity index (χ0) is 12.2. The molecule has 1 atom stereocenters. The van der Waals surface area contributed by atoms with Gasteiger partial charge in [-0.25, -0.2) is 9.59 Å². The molecular formula is C11H19NO4. The molecule has 1 saturated heterocycles. The van der Waals surface area contributed by atoms with E-state index in [-0.39, 0.29) is 5.97 Å². The van der Waals surface area contributed by atoms with E-state index in [1.807, 2.05) is 0 Å². The van der Waals surface area contributed by atoms with Gasteiger partial charge < -0.3 is 14.8 Å². The molecule has 0 aromatic heterocycles. The van der Waals surface area contributed by atoms with E-state index in [1.54, 1.807) is 20.8 Å². The van der Waals surface area contributed by atoms with E-state index in [0.29, 0.717) is 13.0 Å². The Balaban J connectivity index is 2.45. The Morgan fingerprint density at radius 1 is 1.44 bits per heavy atom. The van der Waals surface area contributed by atoms with Crippen molar-refractivity contribution < 1.29 is 19.1 Å². The average Bonchev–Trinajstić information content (AvgIpc) is 2.29. The quantitative estimate of drug-likeness (QED) is 0.694. The molecule has 5 heteroatoms. The van der Waals surface area contributed by atoms with Crippen LogP contribution in [0.5, 0.6) is 0 Å². The zero-order valence-corrected chi connectivity index (χ0v) is 10.0. The smallest absolute Gasteiger partial charge is 0.408 e. The lowest BCUT2D eigenvalue weighted by atomic mass is 10.1. The van der Waals surface area contributed by atoms with Crippen LogP contribution in [-0.4, -0.2) is 30.3 Å². The van der Waals surface area contributed by atoms with Crippen molar-refractivity contribution in [1.82, 2.24) is 5.32 Å². The van der Waals surface area contributed by atoms with E-state index in [9.17, 15) is 9.59 Å². The minimum absolute atomic E-state index is 0.372. The summed E-state index contributed by atoms with van der Waals surface area (Å²) in [4.78, 5) is 22.9. The summed E-state index contributed by atoms with van der Waals surface area (Å²) in [5.41, 5.74) is -0.557. The monoisotopic (exact) mass is 229 g/mol. The van der Waals surface area contributed by atoms with Crippen LogP contribution in [0.15, 0.2) is 0 Å². The molecule has 0 aliphatic carbocycles. The van der Waals surface area contributed by atoms with Crippen LogP contribution in [0.4, 0.5) is 4.79 Å². The second-order valence-electron chi connectivity index (χ2n) is 4.86. The molecule has 0 aromatic carbocycles. The number of cyclic esters (lactones) is 1. The highest BCUT2D eigenvalue weighted by Crippen LogP contribution is 2.11. The second kappa shape index (κ2) is 5.18. The third kappa shape index (κ3) is 4.51. The Bertz CT molecular complexity index is 270. The summed E-state index contributed by atoms with van der Waals surface area (Å²) in [5, 5.41) is 2.53. The lowest BCUT2D eigenvalue weighted by Crippen LogP contribution is -2.43. The van der Waals surface area contributed by atoms with Crippen molar-refractivity contribution in [3.8, 4) is 0 Å². The first-order chi connectivity index (χ1) is 7.38. The predicted octanol–water partition coefficient (Wildman–Crippen LogP) is 1.61. The standard InChI is InChI=1S/C11H19NO4/c1-11(2,3)16-10(14)12-8-6-4-5-7-15-9(8)13/h8H,4-7H2,1-3H3,(H,12,14)/t8-/m0/s1. The maximum Gasteiger partial charge on any atom is 0.408 e. The average molecular weight is 229 g/mol. The van der Waals surface area contributed by atoms with E-state index >= 15 is 0 Å². The molecule has 0 bridgehead atoms. The minimum atomic E-state index is -0.573. The van der Waals surface area contributed by atoms with Gasteiger partial charge in [0.2, 0.25) is 0 Å². The minimum Gasteiger partial charge on any atom is -0.464 e. The van der Waals surface area contributed by atoms with Crippen LogP contribution in [0.25, 0.3) is 0 Å². The summed E-state index contributed by atoms with van der Waals surface area (Å²) < 4.78 is 10.0. The fourth-order valence-electron chi connectivity index (χ4n) is 1.42. The predicted molar refractivity (Wildman–Crippen MR) is 58.0 cm³/mol. The van der Waals surface area contributed by atoms with Crippen molar-refractivity contribution in [3.05, 3.63) is 0 Å². The maximum absolute atomic E-state index is 11.4. The van der Waals surface area contributed by atoms with Gasteiger partial charge in [0.1, 0.15) is 11.6 Å². The topological polar surface area (TPSA) is 64.6 Å². The maximum atomic E-state index is 11.4. The van der Waals surface area contributed by atoms with Gasteiger partial charge in [0, 0.05) is 0 Å². The molecular weight excluding hydrogens is 210 g/mol.